The predicted molar refractivity (Wildman–Crippen MR) is 211 cm³/mol. The molecule has 4 atom stereocenters. The average molecular weight is 765 g/mol. The van der Waals surface area contributed by atoms with E-state index in [1.807, 2.05) is 24.3 Å². The van der Waals surface area contributed by atoms with Crippen LogP contribution in [0, 0.1) is 11.8 Å². The van der Waals surface area contributed by atoms with Crippen molar-refractivity contribution < 1.29 is 47.8 Å². The van der Waals surface area contributed by atoms with E-state index >= 15 is 0 Å². The fraction of sp³-hybridized carbons (Fsp3) is 0.690. The molecule has 10 nitrogen and oxygen atoms in total. The quantitative estimate of drug-likeness (QED) is 0.0254. The average Bonchev–Trinajstić information content (AvgIpc) is 3.47. The van der Waals surface area contributed by atoms with Crippen molar-refractivity contribution >= 4 is 25.5 Å². The zero-order valence-electron chi connectivity index (χ0n) is 32.5. The second-order valence-corrected chi connectivity index (χ2v) is 15.2. The van der Waals surface area contributed by atoms with Crippen LogP contribution in [-0.4, -0.2) is 58.0 Å². The molecular formula is C42H69O10P. The van der Waals surface area contributed by atoms with E-state index in [9.17, 15) is 24.1 Å². The topological polar surface area (TPSA) is 157 Å². The van der Waals surface area contributed by atoms with Crippen molar-refractivity contribution in [3.8, 4) is 0 Å². The van der Waals surface area contributed by atoms with Crippen LogP contribution in [0.1, 0.15) is 149 Å². The van der Waals surface area contributed by atoms with Crippen molar-refractivity contribution in [2.24, 2.45) is 11.8 Å². The summed E-state index contributed by atoms with van der Waals surface area (Å²) in [6.07, 6.45) is 37.1. The maximum absolute atomic E-state index is 12.5. The minimum absolute atomic E-state index is 0.0144. The molecule has 11 heteroatoms. The van der Waals surface area contributed by atoms with Gasteiger partial charge < -0.3 is 24.4 Å². The monoisotopic (exact) mass is 764 g/mol. The molecule has 0 radical (unpaired) electrons. The van der Waals surface area contributed by atoms with E-state index in [4.69, 9.17) is 19.3 Å². The number of aliphatic hydroxyl groups is 1. The van der Waals surface area contributed by atoms with Gasteiger partial charge in [-0.15, -0.1) is 0 Å². The minimum Gasteiger partial charge on any atom is -0.462 e. The second kappa shape index (κ2) is 31.7. The number of rotatable bonds is 33. The van der Waals surface area contributed by atoms with E-state index in [1.165, 1.54) is 25.7 Å². The van der Waals surface area contributed by atoms with Crippen LogP contribution in [-0.2, 0) is 32.9 Å². The number of phosphoric ester groups is 1. The molecular weight excluding hydrogens is 695 g/mol. The second-order valence-electron chi connectivity index (χ2n) is 13.9. The van der Waals surface area contributed by atoms with Gasteiger partial charge in [-0.2, -0.15) is 0 Å². The van der Waals surface area contributed by atoms with Crippen molar-refractivity contribution in [2.45, 2.75) is 161 Å². The highest BCUT2D eigenvalue weighted by Gasteiger charge is 2.27. The van der Waals surface area contributed by atoms with Gasteiger partial charge in [0.1, 0.15) is 6.61 Å². The first kappa shape index (κ1) is 48.4. The number of allylic oxidation sites excluding steroid dienone is 9. The Balaban J connectivity index is 2.28. The largest absolute Gasteiger partial charge is 0.469 e. The number of carbonyl (C=O) groups is 3. The van der Waals surface area contributed by atoms with Crippen LogP contribution in [0.15, 0.2) is 60.8 Å². The third-order valence-electron chi connectivity index (χ3n) is 9.01. The lowest BCUT2D eigenvalue weighted by atomic mass is 9.90. The Morgan fingerprint density at radius 3 is 2.08 bits per heavy atom. The normalized spacial score (nSPS) is 17.6. The molecule has 1 aliphatic rings. The molecule has 0 bridgehead atoms. The highest BCUT2D eigenvalue weighted by atomic mass is 31.2. The van der Waals surface area contributed by atoms with Gasteiger partial charge in [0.15, 0.2) is 11.9 Å². The summed E-state index contributed by atoms with van der Waals surface area (Å²) >= 11 is 0. The Morgan fingerprint density at radius 2 is 1.38 bits per heavy atom. The van der Waals surface area contributed by atoms with E-state index < -0.39 is 38.6 Å². The highest BCUT2D eigenvalue weighted by molar-refractivity contribution is 7.46. The smallest absolute Gasteiger partial charge is 0.462 e. The van der Waals surface area contributed by atoms with Crippen molar-refractivity contribution in [1.29, 1.82) is 0 Å². The summed E-state index contributed by atoms with van der Waals surface area (Å²) in [7, 11) is -4.81. The third kappa shape index (κ3) is 28.5. The summed E-state index contributed by atoms with van der Waals surface area (Å²) in [6, 6.07) is 0. The molecule has 0 spiro atoms. The van der Waals surface area contributed by atoms with Gasteiger partial charge >= 0.3 is 19.8 Å². The van der Waals surface area contributed by atoms with Gasteiger partial charge in [0, 0.05) is 18.8 Å². The van der Waals surface area contributed by atoms with Gasteiger partial charge in [0.25, 0.3) is 0 Å². The number of phosphoric acid groups is 1. The lowest BCUT2D eigenvalue weighted by Crippen LogP contribution is -2.29. The number of hydrogen-bond donors (Lipinski definition) is 3. The van der Waals surface area contributed by atoms with Gasteiger partial charge in [0.05, 0.1) is 12.7 Å². The Hall–Kier alpha value is -2.62. The number of ketones is 1. The van der Waals surface area contributed by atoms with Gasteiger partial charge in [-0.3, -0.25) is 18.9 Å². The van der Waals surface area contributed by atoms with Gasteiger partial charge in [-0.05, 0) is 76.2 Å². The SMILES string of the molecule is CCCCC/C=C\C/C=C\CCCCCCCCC(=O)OC[C@H](COP(=O)(O)O)OC(=O)CCC/C=C\C[C@H]1C=CC(=O)[C@@H]1/C=C/[C@@H](O)CCCCC. The standard InChI is InChI=1S/C42H69O10P/c1-3-5-7-8-9-10-11-12-13-14-15-16-17-18-19-24-28-41(45)50-34-38(35-51-53(47,48)49)52-42(46)29-25-21-20-23-26-36-30-33-40(44)39(36)32-31-37(43)27-22-6-4-2/h9-10,12-13,20,23,30-33,36-39,43H,3-8,11,14-19,21-22,24-29,34-35H2,1-2H3,(H2,47,48,49)/b10-9-,13-12-,23-20-,32-31+/t36-,37-,38+,39+/m0/s1. The summed E-state index contributed by atoms with van der Waals surface area (Å²) in [5.74, 6) is -1.30. The van der Waals surface area contributed by atoms with Gasteiger partial charge in [0.2, 0.25) is 0 Å². The molecule has 0 aliphatic heterocycles. The Bertz CT molecular complexity index is 1180. The molecule has 302 valence electrons. The zero-order valence-corrected chi connectivity index (χ0v) is 33.4. The Kier molecular flexibility index (Phi) is 29.0. The fourth-order valence-corrected chi connectivity index (χ4v) is 6.22. The molecule has 0 aromatic rings. The summed E-state index contributed by atoms with van der Waals surface area (Å²) in [6.45, 7) is 3.37. The summed E-state index contributed by atoms with van der Waals surface area (Å²) in [5, 5.41) is 10.2. The number of esters is 2. The first-order chi connectivity index (χ1) is 25.6. The molecule has 53 heavy (non-hydrogen) atoms. The molecule has 0 aromatic carbocycles. The maximum atomic E-state index is 12.5. The number of carbonyl (C=O) groups excluding carboxylic acids is 3. The molecule has 0 amide bonds. The Morgan fingerprint density at radius 1 is 0.774 bits per heavy atom. The van der Waals surface area contributed by atoms with Crippen LogP contribution in [0.4, 0.5) is 0 Å². The molecule has 0 saturated carbocycles. The van der Waals surface area contributed by atoms with E-state index in [2.05, 4.69) is 42.7 Å². The van der Waals surface area contributed by atoms with E-state index in [1.54, 1.807) is 12.2 Å². The van der Waals surface area contributed by atoms with E-state index in [0.717, 1.165) is 64.2 Å². The van der Waals surface area contributed by atoms with Crippen LogP contribution in [0.25, 0.3) is 0 Å². The van der Waals surface area contributed by atoms with Crippen molar-refractivity contribution in [2.75, 3.05) is 13.2 Å². The van der Waals surface area contributed by atoms with Crippen LogP contribution in [0.5, 0.6) is 0 Å². The molecule has 0 saturated heterocycles. The van der Waals surface area contributed by atoms with Gasteiger partial charge in [-0.25, -0.2) is 4.57 Å². The molecule has 0 fully saturated rings. The molecule has 1 aliphatic carbocycles. The third-order valence-corrected chi connectivity index (χ3v) is 9.49. The number of hydrogen-bond acceptors (Lipinski definition) is 8. The van der Waals surface area contributed by atoms with Crippen LogP contribution in [0.2, 0.25) is 0 Å². The summed E-state index contributed by atoms with van der Waals surface area (Å²) in [5.41, 5.74) is 0. The number of unbranched alkanes of at least 4 members (excludes halogenated alkanes) is 12. The van der Waals surface area contributed by atoms with Crippen LogP contribution < -0.4 is 0 Å². The van der Waals surface area contributed by atoms with Crippen molar-refractivity contribution in [1.82, 2.24) is 0 Å². The number of aliphatic hydroxyl groups excluding tert-OH is 1. The zero-order chi connectivity index (χ0) is 39.0. The first-order valence-corrected chi connectivity index (χ1v) is 21.7. The van der Waals surface area contributed by atoms with E-state index in [-0.39, 0.29) is 37.1 Å². The van der Waals surface area contributed by atoms with Crippen LogP contribution >= 0.6 is 7.82 Å². The predicted octanol–water partition coefficient (Wildman–Crippen LogP) is 9.74. The fourth-order valence-electron chi connectivity index (χ4n) is 5.86. The number of ether oxygens (including phenoxy) is 2. The summed E-state index contributed by atoms with van der Waals surface area (Å²) in [4.78, 5) is 55.3. The van der Waals surface area contributed by atoms with Crippen molar-refractivity contribution in [3.05, 3.63) is 60.8 Å². The Labute approximate surface area is 319 Å². The molecule has 0 aromatic heterocycles. The highest BCUT2D eigenvalue weighted by Crippen LogP contribution is 2.36. The minimum atomic E-state index is -4.81. The first-order valence-electron chi connectivity index (χ1n) is 20.1. The molecule has 3 N–H and O–H groups in total. The lowest BCUT2D eigenvalue weighted by Gasteiger charge is -2.18. The molecule has 1 rings (SSSR count). The molecule has 0 unspecified atom stereocenters. The van der Waals surface area contributed by atoms with Crippen molar-refractivity contribution in [3.63, 3.8) is 0 Å². The van der Waals surface area contributed by atoms with E-state index in [0.29, 0.717) is 32.1 Å². The van der Waals surface area contributed by atoms with Gasteiger partial charge in [-0.1, -0.05) is 126 Å². The maximum Gasteiger partial charge on any atom is 0.469 e. The lowest BCUT2D eigenvalue weighted by molar-refractivity contribution is -0.161. The molecule has 0 heterocycles. The van der Waals surface area contributed by atoms with Crippen LogP contribution in [0.3, 0.4) is 0 Å². The summed E-state index contributed by atoms with van der Waals surface area (Å²) < 4.78 is 26.3.